The number of fused-ring (bicyclic) bond motifs is 3. The molecular formula is C55H53Cl2FN8O8. The van der Waals surface area contributed by atoms with Crippen LogP contribution in [0.4, 0.5) is 4.39 Å². The Balaban J connectivity index is 0.000000171. The van der Waals surface area contributed by atoms with Crippen LogP contribution in [0.3, 0.4) is 0 Å². The summed E-state index contributed by atoms with van der Waals surface area (Å²) in [6.45, 7) is 9.70. The maximum absolute atomic E-state index is 13.2. The molecule has 74 heavy (non-hydrogen) atoms. The van der Waals surface area contributed by atoms with Gasteiger partial charge in [0.1, 0.15) is 30.5 Å². The minimum Gasteiger partial charge on any atom is -0.476 e. The van der Waals surface area contributed by atoms with Crippen LogP contribution in [0.1, 0.15) is 24.0 Å². The van der Waals surface area contributed by atoms with Gasteiger partial charge in [-0.05, 0) is 66.4 Å². The number of carbonyl (C=O) groups excluding carboxylic acids is 2. The highest BCUT2D eigenvalue weighted by Gasteiger charge is 2.54. The van der Waals surface area contributed by atoms with E-state index in [4.69, 9.17) is 46.9 Å². The zero-order chi connectivity index (χ0) is 51.3. The van der Waals surface area contributed by atoms with Crippen molar-refractivity contribution in [2.45, 2.75) is 25.7 Å². The Morgan fingerprint density at radius 3 is 1.66 bits per heavy atom. The van der Waals surface area contributed by atoms with Gasteiger partial charge in [0.25, 0.3) is 0 Å². The molecule has 11 rings (SSSR count). The molecule has 16 nitrogen and oxygen atoms in total. The van der Waals surface area contributed by atoms with Crippen LogP contribution in [0.5, 0.6) is 23.3 Å². The fraction of sp³-hybridized carbons (Fsp3) is 0.309. The number of pyridine rings is 6. The molecule has 0 unspecified atom stereocenters. The SMILES string of the molecule is Clc1ccnc2cc(OCCN3CCOCC3)ncc12.O=C(Cc1ccc(F)cc1)C1(C(=O)Cc2ccc(Oc3ccnc4cc(OCCN5CCOCC5)ncc34)cc2)CC1.O=c1cc2nccc(Cl)c2c[nH]1. The van der Waals surface area contributed by atoms with Gasteiger partial charge >= 0.3 is 0 Å². The second-order valence-corrected chi connectivity index (χ2v) is 18.6. The number of aromatic nitrogens is 6. The molecule has 2 saturated heterocycles. The van der Waals surface area contributed by atoms with E-state index in [0.29, 0.717) is 76.0 Å². The van der Waals surface area contributed by atoms with Gasteiger partial charge in [-0.25, -0.2) is 14.4 Å². The van der Waals surface area contributed by atoms with Crippen molar-refractivity contribution in [2.24, 2.45) is 5.41 Å². The Labute approximate surface area is 435 Å². The molecule has 382 valence electrons. The number of nitrogens with zero attached hydrogens (tertiary/aromatic N) is 7. The lowest BCUT2D eigenvalue weighted by Crippen LogP contribution is -2.38. The zero-order valence-electron chi connectivity index (χ0n) is 40.4. The van der Waals surface area contributed by atoms with E-state index in [2.05, 4.69) is 39.7 Å². The van der Waals surface area contributed by atoms with Crippen LogP contribution in [0.15, 0.2) is 127 Å². The molecule has 6 aromatic heterocycles. The van der Waals surface area contributed by atoms with Crippen molar-refractivity contribution in [3.05, 3.63) is 159 Å². The van der Waals surface area contributed by atoms with Crippen LogP contribution in [0.2, 0.25) is 10.0 Å². The van der Waals surface area contributed by atoms with Crippen LogP contribution in [0, 0.1) is 11.2 Å². The van der Waals surface area contributed by atoms with E-state index in [9.17, 15) is 18.8 Å². The highest BCUT2D eigenvalue weighted by molar-refractivity contribution is 6.35. The molecule has 2 aliphatic heterocycles. The van der Waals surface area contributed by atoms with Gasteiger partial charge in [-0.3, -0.25) is 39.1 Å². The molecule has 0 atom stereocenters. The van der Waals surface area contributed by atoms with Crippen LogP contribution < -0.4 is 19.8 Å². The van der Waals surface area contributed by atoms with Gasteiger partial charge < -0.3 is 28.7 Å². The van der Waals surface area contributed by atoms with E-state index in [1.54, 1.807) is 73.6 Å². The Hall–Kier alpha value is -6.99. The zero-order valence-corrected chi connectivity index (χ0v) is 41.9. The molecule has 0 radical (unpaired) electrons. The van der Waals surface area contributed by atoms with Crippen LogP contribution in [0.25, 0.3) is 32.7 Å². The lowest BCUT2D eigenvalue weighted by atomic mass is 9.88. The molecule has 8 aromatic rings. The molecule has 0 amide bonds. The lowest BCUT2D eigenvalue weighted by molar-refractivity contribution is -0.133. The van der Waals surface area contributed by atoms with Crippen molar-refractivity contribution in [3.8, 4) is 23.3 Å². The van der Waals surface area contributed by atoms with Gasteiger partial charge in [-0.1, -0.05) is 47.5 Å². The molecule has 0 bridgehead atoms. The number of Topliss-reactive ketones (excluding diaryl/α,β-unsaturated/α-hetero) is 2. The van der Waals surface area contributed by atoms with Crippen molar-refractivity contribution in [1.29, 1.82) is 0 Å². The molecular weight excluding hydrogens is 991 g/mol. The predicted octanol–water partition coefficient (Wildman–Crippen LogP) is 8.55. The maximum atomic E-state index is 13.2. The molecule has 2 aromatic carbocycles. The summed E-state index contributed by atoms with van der Waals surface area (Å²) in [6.07, 6.45) is 11.3. The molecule has 0 spiro atoms. The molecule has 8 heterocycles. The second-order valence-electron chi connectivity index (χ2n) is 17.8. The first-order chi connectivity index (χ1) is 36.1. The molecule has 3 aliphatic rings. The number of hydrogen-bond acceptors (Lipinski definition) is 15. The number of halogens is 3. The summed E-state index contributed by atoms with van der Waals surface area (Å²) < 4.78 is 41.6. The average molecular weight is 1040 g/mol. The number of hydrogen-bond donors (Lipinski definition) is 1. The number of carbonyl (C=O) groups is 2. The van der Waals surface area contributed by atoms with E-state index in [1.165, 1.54) is 18.2 Å². The smallest absolute Gasteiger partial charge is 0.250 e. The number of ketones is 2. The van der Waals surface area contributed by atoms with E-state index in [1.807, 2.05) is 30.3 Å². The van der Waals surface area contributed by atoms with Gasteiger partial charge in [0.05, 0.1) is 63.8 Å². The third-order valence-corrected chi connectivity index (χ3v) is 13.5. The Kier molecular flexibility index (Phi) is 17.4. The van der Waals surface area contributed by atoms with Gasteiger partial charge in [-0.2, -0.15) is 0 Å². The molecule has 1 saturated carbocycles. The molecule has 3 fully saturated rings. The van der Waals surface area contributed by atoms with Gasteiger partial charge in [0, 0.05) is 118 Å². The second kappa shape index (κ2) is 24.8. The van der Waals surface area contributed by atoms with E-state index in [-0.39, 0.29) is 35.8 Å². The number of benzene rings is 2. The number of ether oxygens (including phenoxy) is 5. The Bertz CT molecular complexity index is 3260. The number of nitrogens with one attached hydrogen (secondary N) is 1. The van der Waals surface area contributed by atoms with Crippen LogP contribution >= 0.6 is 23.2 Å². The molecule has 1 N–H and O–H groups in total. The summed E-state index contributed by atoms with van der Waals surface area (Å²) in [5, 5.41) is 3.61. The third kappa shape index (κ3) is 13.8. The van der Waals surface area contributed by atoms with E-state index < -0.39 is 5.41 Å². The summed E-state index contributed by atoms with van der Waals surface area (Å²) in [6, 6.07) is 23.4. The van der Waals surface area contributed by atoms with Gasteiger partial charge in [0.2, 0.25) is 17.3 Å². The Morgan fingerprint density at radius 1 is 0.622 bits per heavy atom. The highest BCUT2D eigenvalue weighted by atomic mass is 35.5. The lowest BCUT2D eigenvalue weighted by Gasteiger charge is -2.26. The molecule has 1 aliphatic carbocycles. The monoisotopic (exact) mass is 1040 g/mol. The number of H-pyrrole nitrogens is 1. The predicted molar refractivity (Wildman–Crippen MR) is 279 cm³/mol. The normalized spacial score (nSPS) is 15.3. The minimum atomic E-state index is -0.919. The van der Waals surface area contributed by atoms with Crippen molar-refractivity contribution in [1.82, 2.24) is 39.7 Å². The third-order valence-electron chi connectivity index (χ3n) is 12.8. The Morgan fingerprint density at radius 2 is 1.11 bits per heavy atom. The number of morpholine rings is 2. The quantitative estimate of drug-likeness (QED) is 0.0908. The van der Waals surface area contributed by atoms with E-state index >= 15 is 0 Å². The fourth-order valence-electron chi connectivity index (χ4n) is 8.43. The minimum absolute atomic E-state index is 0.0718. The summed E-state index contributed by atoms with van der Waals surface area (Å²) in [5.74, 6) is 1.80. The topological polar surface area (TPSA) is 184 Å². The van der Waals surface area contributed by atoms with Crippen molar-refractivity contribution in [2.75, 3.05) is 78.9 Å². The highest BCUT2D eigenvalue weighted by Crippen LogP contribution is 2.49. The standard InChI is InChI=1S/C33H32FN3O5.C14H16ClN3O2.C8H5ClN2O/c34-25-5-1-23(2-6-25)19-30(38)33(10-11-33)31(39)20-24-3-7-26(8-4-24)42-29-9-12-35-28-21-32(36-22-27(28)29)41-18-15-37-13-16-40-17-14-37;15-12-1-2-16-13-9-14(17-10-11(12)13)20-8-5-18-3-6-19-7-4-18;9-6-1-2-10-7-3-8(12)11-4-5(6)7/h1-9,12,21-22H,10-11,13-20H2;1-2,9-10H,3-8H2;1-4H,(H,11,12). The fourth-order valence-corrected chi connectivity index (χ4v) is 8.84. The summed E-state index contributed by atoms with van der Waals surface area (Å²) in [7, 11) is 0. The average Bonchev–Trinajstić information content (AvgIpc) is 4.24. The number of rotatable bonds is 16. The maximum Gasteiger partial charge on any atom is 0.250 e. The van der Waals surface area contributed by atoms with Crippen LogP contribution in [-0.4, -0.2) is 130 Å². The summed E-state index contributed by atoms with van der Waals surface area (Å²) in [5.41, 5.74) is 2.57. The first-order valence-corrected chi connectivity index (χ1v) is 25.1. The van der Waals surface area contributed by atoms with Crippen LogP contribution in [-0.2, 0) is 31.9 Å². The first kappa shape index (κ1) is 51.9. The first-order valence-electron chi connectivity index (χ1n) is 24.3. The van der Waals surface area contributed by atoms with Crippen molar-refractivity contribution >= 4 is 67.5 Å². The largest absolute Gasteiger partial charge is 0.476 e. The van der Waals surface area contributed by atoms with Crippen molar-refractivity contribution in [3.63, 3.8) is 0 Å². The van der Waals surface area contributed by atoms with Crippen molar-refractivity contribution < 1.29 is 37.7 Å². The van der Waals surface area contributed by atoms with E-state index in [0.717, 1.165) is 92.9 Å². The number of aromatic amines is 1. The molecule has 19 heteroatoms. The summed E-state index contributed by atoms with van der Waals surface area (Å²) in [4.78, 5) is 65.5. The van der Waals surface area contributed by atoms with Gasteiger partial charge in [-0.15, -0.1) is 0 Å². The summed E-state index contributed by atoms with van der Waals surface area (Å²) >= 11 is 11.9. The van der Waals surface area contributed by atoms with Gasteiger partial charge in [0.15, 0.2) is 11.6 Å².